The molecule has 0 radical (unpaired) electrons. The molecule has 4 rings (SSSR count). The lowest BCUT2D eigenvalue weighted by atomic mass is 10.2. The van der Waals surface area contributed by atoms with Crippen LogP contribution in [-0.2, 0) is 0 Å². The highest BCUT2D eigenvalue weighted by atomic mass is 16.4. The first-order valence-electron chi connectivity index (χ1n) is 5.75. The second kappa shape index (κ2) is 2.98. The zero-order valence-electron chi connectivity index (χ0n) is 8.89. The highest BCUT2D eigenvalue weighted by Crippen LogP contribution is 2.32. The second-order valence-electron chi connectivity index (χ2n) is 4.62. The van der Waals surface area contributed by atoms with Crippen LogP contribution in [0.5, 0.6) is 0 Å². The van der Waals surface area contributed by atoms with Gasteiger partial charge >= 0.3 is 0 Å². The van der Waals surface area contributed by atoms with Gasteiger partial charge in [0.2, 0.25) is 0 Å². The number of piperazine rings is 1. The molecule has 2 atom stereocenters. The number of pyridine rings is 1. The van der Waals surface area contributed by atoms with Crippen molar-refractivity contribution in [2.45, 2.75) is 18.5 Å². The molecule has 1 N–H and O–H groups in total. The first kappa shape index (κ1) is 8.58. The van der Waals surface area contributed by atoms with Crippen LogP contribution in [0.25, 0.3) is 11.1 Å². The number of fused-ring (bicyclic) bond motifs is 3. The lowest BCUT2D eigenvalue weighted by Crippen LogP contribution is -2.43. The van der Waals surface area contributed by atoms with Crippen molar-refractivity contribution >= 4 is 17.0 Å². The van der Waals surface area contributed by atoms with Crippen molar-refractivity contribution in [2.24, 2.45) is 0 Å². The number of furan rings is 1. The first-order valence-corrected chi connectivity index (χ1v) is 5.75. The highest BCUT2D eigenvalue weighted by molar-refractivity contribution is 5.76. The van der Waals surface area contributed by atoms with Gasteiger partial charge in [-0.15, -0.1) is 0 Å². The summed E-state index contributed by atoms with van der Waals surface area (Å²) in [7, 11) is 0. The van der Waals surface area contributed by atoms with E-state index in [1.165, 1.54) is 6.42 Å². The number of aromatic nitrogens is 1. The van der Waals surface area contributed by atoms with Gasteiger partial charge in [-0.2, -0.15) is 0 Å². The van der Waals surface area contributed by atoms with Crippen molar-refractivity contribution in [3.05, 3.63) is 24.4 Å². The van der Waals surface area contributed by atoms with Gasteiger partial charge in [-0.25, -0.2) is 0 Å². The molecule has 2 saturated heterocycles. The fraction of sp³-hybridized carbons (Fsp3) is 0.417. The van der Waals surface area contributed by atoms with E-state index in [0.717, 1.165) is 30.1 Å². The van der Waals surface area contributed by atoms with E-state index in [-0.39, 0.29) is 0 Å². The second-order valence-corrected chi connectivity index (χ2v) is 4.62. The molecular weight excluding hydrogens is 202 g/mol. The van der Waals surface area contributed by atoms with Gasteiger partial charge in [0.25, 0.3) is 0 Å². The number of hydrogen-bond donors (Lipinski definition) is 1. The molecule has 0 amide bonds. The van der Waals surface area contributed by atoms with Crippen LogP contribution in [0.3, 0.4) is 0 Å². The van der Waals surface area contributed by atoms with Gasteiger partial charge in [-0.05, 0) is 18.6 Å². The van der Waals surface area contributed by atoms with Crippen LogP contribution in [0, 0.1) is 0 Å². The predicted molar refractivity (Wildman–Crippen MR) is 61.6 cm³/mol. The summed E-state index contributed by atoms with van der Waals surface area (Å²) < 4.78 is 5.84. The van der Waals surface area contributed by atoms with Gasteiger partial charge in [0.05, 0.1) is 0 Å². The molecule has 0 saturated carbocycles. The number of anilines is 1. The van der Waals surface area contributed by atoms with E-state index < -0.39 is 0 Å². The summed E-state index contributed by atoms with van der Waals surface area (Å²) in [6.45, 7) is 2.14. The molecule has 16 heavy (non-hydrogen) atoms. The number of nitrogens with one attached hydrogen (secondary N) is 1. The van der Waals surface area contributed by atoms with E-state index in [2.05, 4.69) is 21.3 Å². The third kappa shape index (κ3) is 1.10. The van der Waals surface area contributed by atoms with E-state index in [0.29, 0.717) is 12.1 Å². The van der Waals surface area contributed by atoms with Crippen molar-refractivity contribution < 1.29 is 4.42 Å². The molecule has 2 bridgehead atoms. The fourth-order valence-electron chi connectivity index (χ4n) is 2.83. The van der Waals surface area contributed by atoms with E-state index in [9.17, 15) is 0 Å². The zero-order valence-corrected chi connectivity index (χ0v) is 8.89. The lowest BCUT2D eigenvalue weighted by molar-refractivity contribution is 0.523. The van der Waals surface area contributed by atoms with Crippen LogP contribution in [0.15, 0.2) is 28.8 Å². The minimum Gasteiger partial charge on any atom is -0.439 e. The molecule has 2 fully saturated rings. The summed E-state index contributed by atoms with van der Waals surface area (Å²) in [6, 6.07) is 7.18. The van der Waals surface area contributed by atoms with Crippen molar-refractivity contribution in [2.75, 3.05) is 18.0 Å². The molecule has 82 valence electrons. The van der Waals surface area contributed by atoms with Crippen LogP contribution >= 0.6 is 0 Å². The average Bonchev–Trinajstić information content (AvgIpc) is 3.02. The normalized spacial score (nSPS) is 28.1. The molecule has 0 aromatic carbocycles. The summed E-state index contributed by atoms with van der Waals surface area (Å²) >= 11 is 0. The zero-order chi connectivity index (χ0) is 10.5. The molecule has 0 aliphatic carbocycles. The van der Waals surface area contributed by atoms with Crippen LogP contribution in [0.1, 0.15) is 6.42 Å². The molecule has 4 heterocycles. The number of nitrogens with zero attached hydrogens (tertiary/aromatic N) is 2. The van der Waals surface area contributed by atoms with Crippen LogP contribution in [-0.4, -0.2) is 30.2 Å². The van der Waals surface area contributed by atoms with Crippen molar-refractivity contribution in [3.8, 4) is 0 Å². The molecular formula is C12H13N3O. The quantitative estimate of drug-likeness (QED) is 0.780. The molecule has 0 spiro atoms. The lowest BCUT2D eigenvalue weighted by Gasteiger charge is -2.26. The Morgan fingerprint density at radius 3 is 3.25 bits per heavy atom. The number of rotatable bonds is 1. The summed E-state index contributed by atoms with van der Waals surface area (Å²) in [4.78, 5) is 6.66. The van der Waals surface area contributed by atoms with Gasteiger partial charge in [-0.3, -0.25) is 4.98 Å². The third-order valence-electron chi connectivity index (χ3n) is 3.61. The Morgan fingerprint density at radius 1 is 1.50 bits per heavy atom. The fourth-order valence-corrected chi connectivity index (χ4v) is 2.83. The largest absolute Gasteiger partial charge is 0.439 e. The standard InChI is InChI=1S/C12H13N3O/c1-2-11-10(13-3-1)5-12(16-11)15-7-8-4-9(15)6-14-8/h1-3,5,8-9,14H,4,6-7H2/t8-,9-/m1/s1. The Bertz CT molecular complexity index is 503. The van der Waals surface area contributed by atoms with Gasteiger partial charge in [0.15, 0.2) is 11.5 Å². The topological polar surface area (TPSA) is 41.3 Å². The van der Waals surface area contributed by atoms with Gasteiger partial charge < -0.3 is 14.6 Å². The first-order chi connectivity index (χ1) is 7.90. The van der Waals surface area contributed by atoms with Crippen molar-refractivity contribution in [1.82, 2.24) is 10.3 Å². The van der Waals surface area contributed by atoms with Gasteiger partial charge in [0.1, 0.15) is 5.52 Å². The molecule has 2 aliphatic rings. The van der Waals surface area contributed by atoms with E-state index in [1.807, 2.05) is 12.1 Å². The summed E-state index contributed by atoms with van der Waals surface area (Å²) in [5.74, 6) is 0.975. The average molecular weight is 215 g/mol. The molecule has 2 aromatic heterocycles. The monoisotopic (exact) mass is 215 g/mol. The highest BCUT2D eigenvalue weighted by Gasteiger charge is 2.38. The third-order valence-corrected chi connectivity index (χ3v) is 3.61. The molecule has 0 unspecified atom stereocenters. The maximum Gasteiger partial charge on any atom is 0.198 e. The van der Waals surface area contributed by atoms with E-state index in [1.54, 1.807) is 6.20 Å². The smallest absolute Gasteiger partial charge is 0.198 e. The Kier molecular flexibility index (Phi) is 1.60. The van der Waals surface area contributed by atoms with E-state index in [4.69, 9.17) is 4.42 Å². The maximum atomic E-state index is 5.84. The Morgan fingerprint density at radius 2 is 2.50 bits per heavy atom. The van der Waals surface area contributed by atoms with Crippen molar-refractivity contribution in [3.63, 3.8) is 0 Å². The predicted octanol–water partition coefficient (Wildman–Crippen LogP) is 1.38. The SMILES string of the molecule is c1cnc2cc(N3C[C@H]4C[C@@H]3CN4)oc2c1. The van der Waals surface area contributed by atoms with Crippen molar-refractivity contribution in [1.29, 1.82) is 0 Å². The minimum atomic E-state index is 0.602. The minimum absolute atomic E-state index is 0.602. The summed E-state index contributed by atoms with van der Waals surface area (Å²) in [5.41, 5.74) is 1.83. The van der Waals surface area contributed by atoms with Crippen LogP contribution < -0.4 is 10.2 Å². The number of hydrogen-bond acceptors (Lipinski definition) is 4. The Hall–Kier alpha value is -1.55. The van der Waals surface area contributed by atoms with Gasteiger partial charge in [-0.1, -0.05) is 0 Å². The van der Waals surface area contributed by atoms with E-state index >= 15 is 0 Å². The Balaban J connectivity index is 1.76. The molecule has 2 aliphatic heterocycles. The van der Waals surface area contributed by atoms with Crippen LogP contribution in [0.4, 0.5) is 5.88 Å². The molecule has 2 aromatic rings. The van der Waals surface area contributed by atoms with Crippen LogP contribution in [0.2, 0.25) is 0 Å². The van der Waals surface area contributed by atoms with Gasteiger partial charge in [0, 0.05) is 37.4 Å². The molecule has 4 heteroatoms. The Labute approximate surface area is 93.2 Å². The maximum absolute atomic E-state index is 5.84. The summed E-state index contributed by atoms with van der Waals surface area (Å²) in [6.07, 6.45) is 3.05. The summed E-state index contributed by atoms with van der Waals surface area (Å²) in [5, 5.41) is 3.49. The molecule has 4 nitrogen and oxygen atoms in total.